The van der Waals surface area contributed by atoms with Crippen molar-refractivity contribution in [1.82, 2.24) is 10.6 Å². The molecular formula is C11H20N2O. The van der Waals surface area contributed by atoms with Crippen LogP contribution in [0.25, 0.3) is 0 Å². The first-order valence-electron chi connectivity index (χ1n) is 5.49. The summed E-state index contributed by atoms with van der Waals surface area (Å²) >= 11 is 0. The second-order valence-electron chi connectivity index (χ2n) is 5.59. The summed E-state index contributed by atoms with van der Waals surface area (Å²) in [6, 6.07) is 0.637. The molecular weight excluding hydrogens is 176 g/mol. The molecule has 0 saturated carbocycles. The molecule has 0 radical (unpaired) electrons. The van der Waals surface area contributed by atoms with Crippen molar-refractivity contribution in [2.24, 2.45) is 11.3 Å². The quantitative estimate of drug-likeness (QED) is 0.643. The highest BCUT2D eigenvalue weighted by Crippen LogP contribution is 2.28. The zero-order chi connectivity index (χ0) is 10.3. The van der Waals surface area contributed by atoms with E-state index in [1.807, 2.05) is 20.8 Å². The first kappa shape index (κ1) is 10.1. The Hall–Kier alpha value is -0.410. The van der Waals surface area contributed by atoms with Gasteiger partial charge in [0.2, 0.25) is 0 Å². The Morgan fingerprint density at radius 2 is 2.00 bits per heavy atom. The van der Waals surface area contributed by atoms with Crippen molar-refractivity contribution in [3.8, 4) is 0 Å². The van der Waals surface area contributed by atoms with Crippen LogP contribution in [0, 0.1) is 11.3 Å². The van der Waals surface area contributed by atoms with E-state index >= 15 is 0 Å². The van der Waals surface area contributed by atoms with Crippen LogP contribution in [0.1, 0.15) is 27.2 Å². The average Bonchev–Trinajstić information content (AvgIpc) is 2.58. The molecule has 0 bridgehead atoms. The van der Waals surface area contributed by atoms with Gasteiger partial charge < -0.3 is 10.6 Å². The predicted molar refractivity (Wildman–Crippen MR) is 56.2 cm³/mol. The molecule has 0 aliphatic carbocycles. The maximum absolute atomic E-state index is 12.0. The molecule has 0 spiro atoms. The van der Waals surface area contributed by atoms with Gasteiger partial charge in [-0.15, -0.1) is 0 Å². The van der Waals surface area contributed by atoms with Crippen LogP contribution in [0.15, 0.2) is 0 Å². The molecule has 2 saturated heterocycles. The standard InChI is InChI=1S/C11H20N2O/c1-11(2,3)10(14)8-4-7-5-12-6-9(7)13-8/h7-9,12-13H,4-6H2,1-3H3. The SMILES string of the molecule is CC(C)(C)C(=O)C1CC2CNCC2N1. The van der Waals surface area contributed by atoms with E-state index in [0.717, 1.165) is 19.5 Å². The molecule has 2 N–H and O–H groups in total. The topological polar surface area (TPSA) is 41.1 Å². The van der Waals surface area contributed by atoms with Gasteiger partial charge in [0, 0.05) is 18.0 Å². The number of nitrogens with one attached hydrogen (secondary N) is 2. The van der Waals surface area contributed by atoms with Gasteiger partial charge in [-0.25, -0.2) is 0 Å². The van der Waals surface area contributed by atoms with Crippen molar-refractivity contribution < 1.29 is 4.79 Å². The number of carbonyl (C=O) groups excluding carboxylic acids is 1. The summed E-state index contributed by atoms with van der Waals surface area (Å²) in [5.41, 5.74) is -0.205. The van der Waals surface area contributed by atoms with Crippen molar-refractivity contribution in [2.45, 2.75) is 39.3 Å². The van der Waals surface area contributed by atoms with E-state index in [2.05, 4.69) is 10.6 Å². The van der Waals surface area contributed by atoms with Crippen molar-refractivity contribution >= 4 is 5.78 Å². The van der Waals surface area contributed by atoms with Gasteiger partial charge in [0.15, 0.2) is 5.78 Å². The Morgan fingerprint density at radius 1 is 1.29 bits per heavy atom. The molecule has 3 heteroatoms. The molecule has 3 atom stereocenters. The average molecular weight is 196 g/mol. The highest BCUT2D eigenvalue weighted by Gasteiger charge is 2.42. The molecule has 2 rings (SSSR count). The molecule has 0 aromatic carbocycles. The third kappa shape index (κ3) is 1.71. The van der Waals surface area contributed by atoms with Gasteiger partial charge in [0.1, 0.15) is 0 Å². The fraction of sp³-hybridized carbons (Fsp3) is 0.909. The summed E-state index contributed by atoms with van der Waals surface area (Å²) in [5, 5.41) is 6.80. The Morgan fingerprint density at radius 3 is 2.57 bits per heavy atom. The van der Waals surface area contributed by atoms with Gasteiger partial charge in [-0.1, -0.05) is 20.8 Å². The van der Waals surface area contributed by atoms with Crippen LogP contribution in [0.2, 0.25) is 0 Å². The Balaban J connectivity index is 1.99. The molecule has 2 aliphatic heterocycles. The minimum absolute atomic E-state index is 0.104. The lowest BCUT2D eigenvalue weighted by Crippen LogP contribution is -2.43. The van der Waals surface area contributed by atoms with Gasteiger partial charge >= 0.3 is 0 Å². The molecule has 80 valence electrons. The van der Waals surface area contributed by atoms with Crippen LogP contribution >= 0.6 is 0 Å². The van der Waals surface area contributed by atoms with E-state index < -0.39 is 0 Å². The second-order valence-corrected chi connectivity index (χ2v) is 5.59. The van der Waals surface area contributed by atoms with E-state index in [0.29, 0.717) is 17.7 Å². The van der Waals surface area contributed by atoms with Gasteiger partial charge in [0.05, 0.1) is 6.04 Å². The number of Topliss-reactive ketones (excluding diaryl/α,β-unsaturated/α-hetero) is 1. The monoisotopic (exact) mass is 196 g/mol. The van der Waals surface area contributed by atoms with Gasteiger partial charge in [-0.3, -0.25) is 4.79 Å². The largest absolute Gasteiger partial charge is 0.315 e. The van der Waals surface area contributed by atoms with Gasteiger partial charge in [0.25, 0.3) is 0 Å². The normalized spacial score (nSPS) is 37.2. The number of ketones is 1. The van der Waals surface area contributed by atoms with Crippen molar-refractivity contribution in [3.05, 3.63) is 0 Å². The summed E-state index contributed by atoms with van der Waals surface area (Å²) in [6.45, 7) is 8.11. The fourth-order valence-electron chi connectivity index (χ4n) is 2.51. The lowest BCUT2D eigenvalue weighted by molar-refractivity contribution is -0.128. The van der Waals surface area contributed by atoms with Gasteiger partial charge in [-0.05, 0) is 18.9 Å². The van der Waals surface area contributed by atoms with Crippen molar-refractivity contribution in [1.29, 1.82) is 0 Å². The van der Waals surface area contributed by atoms with Gasteiger partial charge in [-0.2, -0.15) is 0 Å². The maximum Gasteiger partial charge on any atom is 0.155 e. The zero-order valence-electron chi connectivity index (χ0n) is 9.26. The first-order valence-corrected chi connectivity index (χ1v) is 5.49. The summed E-state index contributed by atoms with van der Waals surface area (Å²) in [5.74, 6) is 1.04. The lowest BCUT2D eigenvalue weighted by atomic mass is 9.85. The summed E-state index contributed by atoms with van der Waals surface area (Å²) in [4.78, 5) is 12.0. The summed E-state index contributed by atoms with van der Waals surface area (Å²) in [7, 11) is 0. The minimum atomic E-state index is -0.205. The van der Waals surface area contributed by atoms with Crippen LogP contribution < -0.4 is 10.6 Å². The molecule has 3 unspecified atom stereocenters. The maximum atomic E-state index is 12.0. The predicted octanol–water partition coefficient (Wildman–Crippen LogP) is 0.551. The minimum Gasteiger partial charge on any atom is -0.315 e. The van der Waals surface area contributed by atoms with Crippen LogP contribution in [-0.4, -0.2) is 31.0 Å². The third-order valence-corrected chi connectivity index (χ3v) is 3.35. The van der Waals surface area contributed by atoms with Crippen LogP contribution in [-0.2, 0) is 4.79 Å². The summed E-state index contributed by atoms with van der Waals surface area (Å²) in [6.07, 6.45) is 1.02. The third-order valence-electron chi connectivity index (χ3n) is 3.35. The molecule has 0 aromatic rings. The van der Waals surface area contributed by atoms with Crippen LogP contribution in [0.5, 0.6) is 0 Å². The number of carbonyl (C=O) groups is 1. The number of hydrogen-bond donors (Lipinski definition) is 2. The molecule has 2 aliphatic rings. The van der Waals surface area contributed by atoms with E-state index in [4.69, 9.17) is 0 Å². The number of rotatable bonds is 1. The Kier molecular flexibility index (Phi) is 2.40. The van der Waals surface area contributed by atoms with E-state index in [-0.39, 0.29) is 11.5 Å². The molecule has 14 heavy (non-hydrogen) atoms. The molecule has 3 nitrogen and oxygen atoms in total. The Bertz CT molecular complexity index is 232. The molecule has 0 amide bonds. The highest BCUT2D eigenvalue weighted by molar-refractivity contribution is 5.89. The smallest absolute Gasteiger partial charge is 0.155 e. The first-order chi connectivity index (χ1) is 6.48. The Labute approximate surface area is 85.6 Å². The van der Waals surface area contributed by atoms with E-state index in [1.54, 1.807) is 0 Å². The summed E-state index contributed by atoms with van der Waals surface area (Å²) < 4.78 is 0. The fourth-order valence-corrected chi connectivity index (χ4v) is 2.51. The lowest BCUT2D eigenvalue weighted by Gasteiger charge is -2.22. The van der Waals surface area contributed by atoms with E-state index in [9.17, 15) is 4.79 Å². The van der Waals surface area contributed by atoms with E-state index in [1.165, 1.54) is 0 Å². The number of hydrogen-bond acceptors (Lipinski definition) is 3. The van der Waals surface area contributed by atoms with Crippen LogP contribution in [0.4, 0.5) is 0 Å². The number of fused-ring (bicyclic) bond motifs is 1. The highest BCUT2D eigenvalue weighted by atomic mass is 16.1. The van der Waals surface area contributed by atoms with Crippen LogP contribution in [0.3, 0.4) is 0 Å². The van der Waals surface area contributed by atoms with Crippen molar-refractivity contribution in [3.63, 3.8) is 0 Å². The molecule has 0 aromatic heterocycles. The molecule has 2 heterocycles. The van der Waals surface area contributed by atoms with Crippen molar-refractivity contribution in [2.75, 3.05) is 13.1 Å². The molecule has 2 fully saturated rings. The second kappa shape index (κ2) is 3.31. The zero-order valence-corrected chi connectivity index (χ0v) is 9.26.